The van der Waals surface area contributed by atoms with Crippen LogP contribution >= 0.6 is 0 Å². The van der Waals surface area contributed by atoms with E-state index >= 15 is 0 Å². The number of hydrogen-bond donors (Lipinski definition) is 0. The van der Waals surface area contributed by atoms with E-state index in [0.717, 1.165) is 19.4 Å². The normalized spacial score (nSPS) is 13.1. The number of rotatable bonds is 9. The fourth-order valence-electron chi connectivity index (χ4n) is 1.53. The van der Waals surface area contributed by atoms with Gasteiger partial charge in [-0.25, -0.2) is 0 Å². The molecule has 1 atom stereocenters. The van der Waals surface area contributed by atoms with Crippen LogP contribution in [-0.4, -0.2) is 31.8 Å². The molecule has 0 aromatic rings. The first-order valence-electron chi connectivity index (χ1n) is 5.60. The topological polar surface area (TPSA) is 12.5 Å². The fourth-order valence-corrected chi connectivity index (χ4v) is 1.53. The van der Waals surface area contributed by atoms with E-state index < -0.39 is 0 Å². The Hall–Kier alpha value is -0.340. The van der Waals surface area contributed by atoms with Crippen LogP contribution in [-0.2, 0) is 4.74 Å². The second kappa shape index (κ2) is 9.22. The van der Waals surface area contributed by atoms with E-state index in [1.165, 1.54) is 19.3 Å². The predicted octanol–water partition coefficient (Wildman–Crippen LogP) is 3.05. The highest BCUT2D eigenvalue weighted by molar-refractivity contribution is 4.68. The third kappa shape index (κ3) is 6.17. The molecule has 0 radical (unpaired) electrons. The minimum atomic E-state index is 0.291. The van der Waals surface area contributed by atoms with E-state index in [1.807, 2.05) is 6.08 Å². The molecule has 2 heteroatoms. The zero-order chi connectivity index (χ0) is 10.8. The van der Waals surface area contributed by atoms with Gasteiger partial charge in [-0.3, -0.25) is 4.90 Å². The molecule has 0 N–H and O–H groups in total. The van der Waals surface area contributed by atoms with Gasteiger partial charge in [0.1, 0.15) is 6.23 Å². The Kier molecular flexibility index (Phi) is 9.00. The van der Waals surface area contributed by atoms with Crippen LogP contribution in [0, 0.1) is 0 Å². The maximum absolute atomic E-state index is 5.44. The third-order valence-corrected chi connectivity index (χ3v) is 2.49. The molecule has 0 amide bonds. The van der Waals surface area contributed by atoms with Crippen LogP contribution in [0.3, 0.4) is 0 Å². The van der Waals surface area contributed by atoms with Gasteiger partial charge in [0.05, 0.1) is 0 Å². The van der Waals surface area contributed by atoms with Crippen molar-refractivity contribution in [2.24, 2.45) is 0 Å². The molecule has 0 aliphatic carbocycles. The maximum Gasteiger partial charge on any atom is 0.109 e. The van der Waals surface area contributed by atoms with Crippen LogP contribution in [0.1, 0.15) is 39.0 Å². The Morgan fingerprint density at radius 1 is 1.43 bits per heavy atom. The van der Waals surface area contributed by atoms with E-state index in [9.17, 15) is 0 Å². The highest BCUT2D eigenvalue weighted by Crippen LogP contribution is 2.08. The molecule has 1 unspecified atom stereocenters. The number of methoxy groups -OCH3 is 1. The van der Waals surface area contributed by atoms with Crippen molar-refractivity contribution in [2.45, 2.75) is 45.3 Å². The van der Waals surface area contributed by atoms with Gasteiger partial charge in [-0.05, 0) is 32.7 Å². The summed E-state index contributed by atoms with van der Waals surface area (Å²) in [5.74, 6) is 0. The smallest absolute Gasteiger partial charge is 0.109 e. The number of unbranched alkanes of at least 4 members (excludes halogenated alkanes) is 2. The van der Waals surface area contributed by atoms with Crippen LogP contribution in [0.2, 0.25) is 0 Å². The lowest BCUT2D eigenvalue weighted by Gasteiger charge is -2.26. The van der Waals surface area contributed by atoms with Crippen molar-refractivity contribution in [1.29, 1.82) is 0 Å². The van der Waals surface area contributed by atoms with E-state index in [2.05, 4.69) is 25.5 Å². The molecule has 2 nitrogen and oxygen atoms in total. The van der Waals surface area contributed by atoms with Crippen molar-refractivity contribution in [3.8, 4) is 0 Å². The van der Waals surface area contributed by atoms with Gasteiger partial charge < -0.3 is 4.74 Å². The van der Waals surface area contributed by atoms with Gasteiger partial charge in [0.2, 0.25) is 0 Å². The Bertz CT molecular complexity index is 136. The van der Waals surface area contributed by atoms with Gasteiger partial charge in [0.15, 0.2) is 0 Å². The molecule has 0 fully saturated rings. The van der Waals surface area contributed by atoms with E-state index in [0.29, 0.717) is 6.23 Å². The SMILES string of the molecule is C=CCCCN(C)C(CCCC)OC. The van der Waals surface area contributed by atoms with Crippen LogP contribution in [0.4, 0.5) is 0 Å². The van der Waals surface area contributed by atoms with E-state index in [4.69, 9.17) is 4.74 Å². The highest BCUT2D eigenvalue weighted by atomic mass is 16.5. The van der Waals surface area contributed by atoms with Gasteiger partial charge in [-0.1, -0.05) is 19.4 Å². The lowest BCUT2D eigenvalue weighted by Crippen LogP contribution is -2.33. The number of nitrogens with zero attached hydrogens (tertiary/aromatic N) is 1. The second-order valence-electron chi connectivity index (χ2n) is 3.74. The first-order chi connectivity index (χ1) is 6.76. The molecule has 0 heterocycles. The maximum atomic E-state index is 5.44. The van der Waals surface area contributed by atoms with Gasteiger partial charge >= 0.3 is 0 Å². The molecule has 0 bridgehead atoms. The second-order valence-corrected chi connectivity index (χ2v) is 3.74. The van der Waals surface area contributed by atoms with Gasteiger partial charge in [0, 0.05) is 13.7 Å². The minimum absolute atomic E-state index is 0.291. The summed E-state index contributed by atoms with van der Waals surface area (Å²) in [6, 6.07) is 0. The van der Waals surface area contributed by atoms with Gasteiger partial charge in [-0.15, -0.1) is 6.58 Å². The summed E-state index contributed by atoms with van der Waals surface area (Å²) < 4.78 is 5.44. The largest absolute Gasteiger partial charge is 0.366 e. The molecule has 0 aliphatic rings. The summed E-state index contributed by atoms with van der Waals surface area (Å²) >= 11 is 0. The monoisotopic (exact) mass is 199 g/mol. The lowest BCUT2D eigenvalue weighted by molar-refractivity contribution is -0.0246. The van der Waals surface area contributed by atoms with Crippen molar-refractivity contribution in [2.75, 3.05) is 20.7 Å². The predicted molar refractivity (Wildman–Crippen MR) is 62.4 cm³/mol. The molecule has 14 heavy (non-hydrogen) atoms. The number of hydrogen-bond acceptors (Lipinski definition) is 2. The first-order valence-corrected chi connectivity index (χ1v) is 5.60. The Balaban J connectivity index is 3.66. The third-order valence-electron chi connectivity index (χ3n) is 2.49. The molecule has 0 saturated heterocycles. The van der Waals surface area contributed by atoms with E-state index in [1.54, 1.807) is 7.11 Å². The molecule has 84 valence electrons. The van der Waals surface area contributed by atoms with Crippen molar-refractivity contribution in [1.82, 2.24) is 4.90 Å². The zero-order valence-electron chi connectivity index (χ0n) is 9.96. The number of ether oxygens (including phenoxy) is 1. The molecule has 0 saturated carbocycles. The standard InChI is InChI=1S/C12H25NO/c1-5-7-9-11-13(3)12(14-4)10-8-6-2/h5,12H,1,6-11H2,2-4H3. The average molecular weight is 199 g/mol. The van der Waals surface area contributed by atoms with Crippen molar-refractivity contribution in [3.63, 3.8) is 0 Å². The van der Waals surface area contributed by atoms with E-state index in [-0.39, 0.29) is 0 Å². The molecular formula is C12H25NO. The quantitative estimate of drug-likeness (QED) is 0.321. The zero-order valence-corrected chi connectivity index (χ0v) is 9.96. The summed E-state index contributed by atoms with van der Waals surface area (Å²) in [5.41, 5.74) is 0. The summed E-state index contributed by atoms with van der Waals surface area (Å²) in [4.78, 5) is 2.29. The highest BCUT2D eigenvalue weighted by Gasteiger charge is 2.11. The summed E-state index contributed by atoms with van der Waals surface area (Å²) in [6.45, 7) is 7.03. The van der Waals surface area contributed by atoms with Crippen molar-refractivity contribution >= 4 is 0 Å². The van der Waals surface area contributed by atoms with Crippen LogP contribution in [0.15, 0.2) is 12.7 Å². The average Bonchev–Trinajstić information content (AvgIpc) is 2.19. The molecule has 0 spiro atoms. The van der Waals surface area contributed by atoms with Crippen molar-refractivity contribution in [3.05, 3.63) is 12.7 Å². The molecule has 0 aromatic heterocycles. The Labute approximate surface area is 88.9 Å². The lowest BCUT2D eigenvalue weighted by atomic mass is 10.2. The Morgan fingerprint density at radius 2 is 2.14 bits per heavy atom. The minimum Gasteiger partial charge on any atom is -0.366 e. The molecule has 0 aliphatic heterocycles. The van der Waals surface area contributed by atoms with Crippen molar-refractivity contribution < 1.29 is 4.74 Å². The summed E-state index contributed by atoms with van der Waals surface area (Å²) in [6.07, 6.45) is 8.14. The molecular weight excluding hydrogens is 174 g/mol. The summed E-state index contributed by atoms with van der Waals surface area (Å²) in [5, 5.41) is 0. The Morgan fingerprint density at radius 3 is 2.64 bits per heavy atom. The fraction of sp³-hybridized carbons (Fsp3) is 0.833. The van der Waals surface area contributed by atoms with Gasteiger partial charge in [-0.2, -0.15) is 0 Å². The van der Waals surface area contributed by atoms with Gasteiger partial charge in [0.25, 0.3) is 0 Å². The summed E-state index contributed by atoms with van der Waals surface area (Å²) in [7, 11) is 3.93. The molecule has 0 aromatic carbocycles. The molecule has 0 rings (SSSR count). The van der Waals surface area contributed by atoms with Crippen LogP contribution in [0.5, 0.6) is 0 Å². The van der Waals surface area contributed by atoms with Crippen LogP contribution < -0.4 is 0 Å². The first kappa shape index (κ1) is 13.7. The number of allylic oxidation sites excluding steroid dienone is 1. The van der Waals surface area contributed by atoms with Crippen LogP contribution in [0.25, 0.3) is 0 Å².